The molecular weight excluding hydrogens is 249 g/mol. The summed E-state index contributed by atoms with van der Waals surface area (Å²) in [7, 11) is 0. The second-order valence-corrected chi connectivity index (χ2v) is 2.90. The highest BCUT2D eigenvalue weighted by atomic mass is 79.9. The van der Waals surface area contributed by atoms with Crippen molar-refractivity contribution in [2.24, 2.45) is 0 Å². The fourth-order valence-electron chi connectivity index (χ4n) is 0.703. The van der Waals surface area contributed by atoms with Gasteiger partial charge in [0.1, 0.15) is 17.6 Å². The maximum Gasteiger partial charge on any atom is 0.280 e. The Morgan fingerprint density at radius 3 is 2.62 bits per heavy atom. The molecule has 0 radical (unpaired) electrons. The number of nitriles is 1. The molecule has 0 fully saturated rings. The van der Waals surface area contributed by atoms with E-state index in [-0.39, 0.29) is 10.2 Å². The molecule has 0 aliphatic heterocycles. The normalized spacial score (nSPS) is 10.2. The van der Waals surface area contributed by atoms with Crippen molar-refractivity contribution < 1.29 is 13.2 Å². The quantitative estimate of drug-likeness (QED) is 0.769. The molecule has 0 atom stereocenters. The summed E-state index contributed by atoms with van der Waals surface area (Å²) in [6, 6.07) is 2.09. The topological polar surface area (TPSA) is 36.7 Å². The van der Waals surface area contributed by atoms with Gasteiger partial charge in [-0.3, -0.25) is 0 Å². The van der Waals surface area contributed by atoms with Crippen LogP contribution < -0.4 is 0 Å². The minimum Gasteiger partial charge on any atom is -0.235 e. The first-order valence-electron chi connectivity index (χ1n) is 3.10. The molecule has 1 rings (SSSR count). The molecule has 0 amide bonds. The predicted molar refractivity (Wildman–Crippen MR) is 41.6 cm³/mol. The Bertz CT molecular complexity index is 373. The Kier molecular flexibility index (Phi) is 2.88. The zero-order chi connectivity index (χ0) is 10.0. The zero-order valence-corrected chi connectivity index (χ0v) is 7.65. The first-order chi connectivity index (χ1) is 6.06. The fourth-order valence-corrected chi connectivity index (χ4v) is 0.994. The van der Waals surface area contributed by atoms with E-state index in [1.165, 1.54) is 6.07 Å². The molecule has 13 heavy (non-hydrogen) atoms. The number of alkyl halides is 2. The van der Waals surface area contributed by atoms with Crippen molar-refractivity contribution >= 4 is 15.9 Å². The first-order valence-corrected chi connectivity index (χ1v) is 3.89. The van der Waals surface area contributed by atoms with Gasteiger partial charge in [-0.25, -0.2) is 18.2 Å². The van der Waals surface area contributed by atoms with Crippen LogP contribution in [0.1, 0.15) is 17.8 Å². The third-order valence-electron chi connectivity index (χ3n) is 1.26. The van der Waals surface area contributed by atoms with E-state index in [4.69, 9.17) is 5.26 Å². The number of hydrogen-bond acceptors (Lipinski definition) is 2. The largest absolute Gasteiger partial charge is 0.280 e. The molecule has 68 valence electrons. The summed E-state index contributed by atoms with van der Waals surface area (Å²) in [5.74, 6) is -0.915. The van der Waals surface area contributed by atoms with Crippen LogP contribution in [0.2, 0.25) is 0 Å². The van der Waals surface area contributed by atoms with Gasteiger partial charge < -0.3 is 0 Å². The van der Waals surface area contributed by atoms with E-state index in [9.17, 15) is 13.2 Å². The zero-order valence-electron chi connectivity index (χ0n) is 6.06. The molecule has 0 aromatic carbocycles. The van der Waals surface area contributed by atoms with Crippen molar-refractivity contribution in [2.75, 3.05) is 0 Å². The van der Waals surface area contributed by atoms with Crippen LogP contribution in [0.5, 0.6) is 0 Å². The lowest BCUT2D eigenvalue weighted by atomic mass is 10.3. The third kappa shape index (κ3) is 1.98. The molecule has 0 spiro atoms. The minimum atomic E-state index is -2.88. The highest BCUT2D eigenvalue weighted by Gasteiger charge is 2.15. The van der Waals surface area contributed by atoms with Crippen molar-refractivity contribution in [1.29, 1.82) is 5.26 Å². The van der Waals surface area contributed by atoms with E-state index < -0.39 is 17.9 Å². The molecule has 0 bridgehead atoms. The van der Waals surface area contributed by atoms with Crippen molar-refractivity contribution in [3.05, 3.63) is 27.7 Å². The molecule has 0 aliphatic carbocycles. The lowest BCUT2D eigenvalue weighted by Crippen LogP contribution is -1.97. The summed E-state index contributed by atoms with van der Waals surface area (Å²) in [6.45, 7) is 0. The lowest BCUT2D eigenvalue weighted by Gasteiger charge is -2.01. The van der Waals surface area contributed by atoms with Gasteiger partial charge in [-0.05, 0) is 15.9 Å². The summed E-state index contributed by atoms with van der Waals surface area (Å²) in [6.07, 6.45) is -2.88. The molecule has 1 heterocycles. The average molecular weight is 251 g/mol. The molecule has 0 aliphatic rings. The summed E-state index contributed by atoms with van der Waals surface area (Å²) < 4.78 is 36.7. The molecule has 2 nitrogen and oxygen atoms in total. The Morgan fingerprint density at radius 1 is 1.54 bits per heavy atom. The Morgan fingerprint density at radius 2 is 2.15 bits per heavy atom. The highest BCUT2D eigenvalue weighted by molar-refractivity contribution is 9.10. The van der Waals surface area contributed by atoms with Crippen LogP contribution >= 0.6 is 15.9 Å². The summed E-state index contributed by atoms with van der Waals surface area (Å²) in [4.78, 5) is 3.25. The van der Waals surface area contributed by atoms with Gasteiger partial charge in [0, 0.05) is 6.07 Å². The smallest absolute Gasteiger partial charge is 0.235 e. The second-order valence-electron chi connectivity index (χ2n) is 2.10. The summed E-state index contributed by atoms with van der Waals surface area (Å²) in [5.41, 5.74) is -1.12. The number of aromatic nitrogens is 1. The van der Waals surface area contributed by atoms with Crippen LogP contribution in [0.4, 0.5) is 13.2 Å². The number of pyridine rings is 1. The molecule has 1 aromatic heterocycles. The van der Waals surface area contributed by atoms with Crippen LogP contribution in [-0.2, 0) is 0 Å². The van der Waals surface area contributed by atoms with E-state index in [0.717, 1.165) is 0 Å². The van der Waals surface area contributed by atoms with Crippen molar-refractivity contribution in [2.45, 2.75) is 6.43 Å². The van der Waals surface area contributed by atoms with Gasteiger partial charge in [0.15, 0.2) is 5.69 Å². The first kappa shape index (κ1) is 9.99. The van der Waals surface area contributed by atoms with Gasteiger partial charge >= 0.3 is 0 Å². The Labute approximate surface area is 80.1 Å². The van der Waals surface area contributed by atoms with Gasteiger partial charge in [-0.1, -0.05) is 0 Å². The van der Waals surface area contributed by atoms with Gasteiger partial charge in [0.25, 0.3) is 6.43 Å². The van der Waals surface area contributed by atoms with Gasteiger partial charge in [0.05, 0.1) is 4.47 Å². The van der Waals surface area contributed by atoms with E-state index >= 15 is 0 Å². The number of halogens is 4. The van der Waals surface area contributed by atoms with Crippen LogP contribution in [0.3, 0.4) is 0 Å². The summed E-state index contributed by atoms with van der Waals surface area (Å²) >= 11 is 2.72. The molecule has 1 aromatic rings. The van der Waals surface area contributed by atoms with Gasteiger partial charge in [-0.2, -0.15) is 5.26 Å². The number of nitrogens with zero attached hydrogens (tertiary/aromatic N) is 2. The maximum atomic E-state index is 12.8. The second kappa shape index (κ2) is 3.75. The van der Waals surface area contributed by atoms with Crippen molar-refractivity contribution in [1.82, 2.24) is 4.98 Å². The molecular formula is C7H2BrF3N2. The van der Waals surface area contributed by atoms with E-state index in [2.05, 4.69) is 20.9 Å². The Balaban J connectivity index is 3.32. The maximum absolute atomic E-state index is 12.8. The summed E-state index contributed by atoms with van der Waals surface area (Å²) in [5, 5.41) is 8.40. The minimum absolute atomic E-state index is 0.195. The Hall–Kier alpha value is -1.09. The molecule has 0 saturated heterocycles. The van der Waals surface area contributed by atoms with E-state index in [1.807, 2.05) is 0 Å². The number of hydrogen-bond donors (Lipinski definition) is 0. The van der Waals surface area contributed by atoms with Crippen molar-refractivity contribution in [3.8, 4) is 6.07 Å². The van der Waals surface area contributed by atoms with Gasteiger partial charge in [0.2, 0.25) is 0 Å². The molecule has 0 N–H and O–H groups in total. The molecule has 0 saturated carbocycles. The van der Waals surface area contributed by atoms with E-state index in [0.29, 0.717) is 6.07 Å². The standard InChI is InChI=1S/C7H2BrF3N2/c8-6-3(9)1-4(7(10)11)13-5(6)2-12/h1,7H. The molecule has 6 heteroatoms. The van der Waals surface area contributed by atoms with E-state index in [1.54, 1.807) is 0 Å². The monoisotopic (exact) mass is 250 g/mol. The predicted octanol–water partition coefficient (Wildman–Crippen LogP) is 2.79. The van der Waals surface area contributed by atoms with Crippen LogP contribution in [0.15, 0.2) is 10.5 Å². The van der Waals surface area contributed by atoms with Crippen LogP contribution in [-0.4, -0.2) is 4.98 Å². The van der Waals surface area contributed by atoms with Crippen LogP contribution in [0, 0.1) is 17.1 Å². The highest BCUT2D eigenvalue weighted by Crippen LogP contribution is 2.24. The third-order valence-corrected chi connectivity index (χ3v) is 2.02. The fraction of sp³-hybridized carbons (Fsp3) is 0.143. The van der Waals surface area contributed by atoms with Crippen LogP contribution in [0.25, 0.3) is 0 Å². The van der Waals surface area contributed by atoms with Gasteiger partial charge in [-0.15, -0.1) is 0 Å². The number of rotatable bonds is 1. The SMILES string of the molecule is N#Cc1nc(C(F)F)cc(F)c1Br. The van der Waals surface area contributed by atoms with Crippen molar-refractivity contribution in [3.63, 3.8) is 0 Å². The average Bonchev–Trinajstić information content (AvgIpc) is 2.09. The molecule has 0 unspecified atom stereocenters. The lowest BCUT2D eigenvalue weighted by molar-refractivity contribution is 0.145.